The van der Waals surface area contributed by atoms with E-state index in [0.717, 1.165) is 17.7 Å². The van der Waals surface area contributed by atoms with Gasteiger partial charge in [-0.1, -0.05) is 6.92 Å². The Bertz CT molecular complexity index is 556. The van der Waals surface area contributed by atoms with Crippen LogP contribution < -0.4 is 4.74 Å². The Labute approximate surface area is 106 Å². The zero-order valence-corrected chi connectivity index (χ0v) is 10.2. The molecule has 0 saturated carbocycles. The standard InChI is InChI=1S/C13H14N4O/c1-2-5-18-13-8-16-17(10-13)9-11-3-4-15-12(6-11)7-14/h3-4,6,8,10H,2,5,9H2,1H3. The molecule has 0 radical (unpaired) electrons. The van der Waals surface area contributed by atoms with Crippen molar-refractivity contribution in [3.05, 3.63) is 42.0 Å². The van der Waals surface area contributed by atoms with E-state index in [2.05, 4.69) is 17.0 Å². The fourth-order valence-corrected chi connectivity index (χ4v) is 1.55. The molecule has 0 saturated heterocycles. The van der Waals surface area contributed by atoms with Gasteiger partial charge in [-0.2, -0.15) is 10.4 Å². The van der Waals surface area contributed by atoms with Gasteiger partial charge in [-0.15, -0.1) is 0 Å². The lowest BCUT2D eigenvalue weighted by Gasteiger charge is -2.02. The van der Waals surface area contributed by atoms with Crippen molar-refractivity contribution in [2.45, 2.75) is 19.9 Å². The Balaban J connectivity index is 2.04. The zero-order valence-electron chi connectivity index (χ0n) is 10.2. The average Bonchev–Trinajstić information content (AvgIpc) is 2.84. The molecule has 0 aliphatic carbocycles. The molecule has 0 N–H and O–H groups in total. The van der Waals surface area contributed by atoms with E-state index in [1.165, 1.54) is 0 Å². The van der Waals surface area contributed by atoms with Crippen molar-refractivity contribution >= 4 is 0 Å². The number of ether oxygens (including phenoxy) is 1. The molecule has 2 aromatic rings. The van der Waals surface area contributed by atoms with Crippen molar-refractivity contribution in [3.8, 4) is 11.8 Å². The third-order valence-corrected chi connectivity index (χ3v) is 2.37. The summed E-state index contributed by atoms with van der Waals surface area (Å²) in [6.45, 7) is 3.36. The fourth-order valence-electron chi connectivity index (χ4n) is 1.55. The number of aromatic nitrogens is 3. The smallest absolute Gasteiger partial charge is 0.157 e. The molecule has 0 spiro atoms. The van der Waals surface area contributed by atoms with Crippen LogP contribution >= 0.6 is 0 Å². The van der Waals surface area contributed by atoms with Gasteiger partial charge in [0.15, 0.2) is 5.75 Å². The Morgan fingerprint density at radius 3 is 3.17 bits per heavy atom. The third-order valence-electron chi connectivity index (χ3n) is 2.37. The largest absolute Gasteiger partial charge is 0.490 e. The van der Waals surface area contributed by atoms with Crippen LogP contribution in [0.1, 0.15) is 24.6 Å². The summed E-state index contributed by atoms with van der Waals surface area (Å²) in [7, 11) is 0. The molecule has 0 aliphatic rings. The molecule has 0 atom stereocenters. The zero-order chi connectivity index (χ0) is 12.8. The summed E-state index contributed by atoms with van der Waals surface area (Å²) in [4.78, 5) is 3.93. The van der Waals surface area contributed by atoms with E-state index in [1.54, 1.807) is 23.1 Å². The lowest BCUT2D eigenvalue weighted by molar-refractivity contribution is 0.317. The van der Waals surface area contributed by atoms with Gasteiger partial charge in [-0.05, 0) is 24.1 Å². The molecule has 5 heteroatoms. The van der Waals surface area contributed by atoms with Crippen molar-refractivity contribution in [2.75, 3.05) is 6.61 Å². The number of pyridine rings is 1. The van der Waals surface area contributed by atoms with Gasteiger partial charge in [0.05, 0.1) is 25.5 Å². The molecule has 2 rings (SSSR count). The molecule has 0 aromatic carbocycles. The molecular weight excluding hydrogens is 228 g/mol. The van der Waals surface area contributed by atoms with E-state index >= 15 is 0 Å². The number of hydrogen-bond donors (Lipinski definition) is 0. The van der Waals surface area contributed by atoms with Crippen LogP contribution in [0.2, 0.25) is 0 Å². The quantitative estimate of drug-likeness (QED) is 0.804. The number of nitriles is 1. The predicted molar refractivity (Wildman–Crippen MR) is 66.1 cm³/mol. The fraction of sp³-hybridized carbons (Fsp3) is 0.308. The summed E-state index contributed by atoms with van der Waals surface area (Å²) < 4.78 is 7.25. The highest BCUT2D eigenvalue weighted by Crippen LogP contribution is 2.10. The first kappa shape index (κ1) is 12.1. The Morgan fingerprint density at radius 1 is 1.50 bits per heavy atom. The van der Waals surface area contributed by atoms with Crippen LogP contribution in [0.15, 0.2) is 30.7 Å². The first-order valence-corrected chi connectivity index (χ1v) is 5.82. The number of rotatable bonds is 5. The molecule has 2 heterocycles. The van der Waals surface area contributed by atoms with Crippen LogP contribution in [-0.4, -0.2) is 21.4 Å². The van der Waals surface area contributed by atoms with Crippen LogP contribution in [0.5, 0.6) is 5.75 Å². The highest BCUT2D eigenvalue weighted by atomic mass is 16.5. The van der Waals surface area contributed by atoms with Crippen molar-refractivity contribution in [2.24, 2.45) is 0 Å². The second-order valence-electron chi connectivity index (χ2n) is 3.88. The van der Waals surface area contributed by atoms with Crippen molar-refractivity contribution in [3.63, 3.8) is 0 Å². The summed E-state index contributed by atoms with van der Waals surface area (Å²) in [5.74, 6) is 0.770. The van der Waals surface area contributed by atoms with Crippen LogP contribution in [0.3, 0.4) is 0 Å². The minimum Gasteiger partial charge on any atom is -0.490 e. The number of nitrogens with zero attached hydrogens (tertiary/aromatic N) is 4. The van der Waals surface area contributed by atoms with Gasteiger partial charge in [-0.25, -0.2) is 4.98 Å². The van der Waals surface area contributed by atoms with Crippen LogP contribution in [0, 0.1) is 11.3 Å². The van der Waals surface area contributed by atoms with Gasteiger partial charge in [-0.3, -0.25) is 4.68 Å². The van der Waals surface area contributed by atoms with Gasteiger partial charge in [0, 0.05) is 6.20 Å². The maximum absolute atomic E-state index is 8.77. The SMILES string of the molecule is CCCOc1cnn(Cc2ccnc(C#N)c2)c1. The van der Waals surface area contributed by atoms with Crippen molar-refractivity contribution in [1.29, 1.82) is 5.26 Å². The minimum absolute atomic E-state index is 0.419. The lowest BCUT2D eigenvalue weighted by Crippen LogP contribution is -2.00. The van der Waals surface area contributed by atoms with Gasteiger partial charge in [0.1, 0.15) is 11.8 Å². The van der Waals surface area contributed by atoms with E-state index < -0.39 is 0 Å². The molecular formula is C13H14N4O. The van der Waals surface area contributed by atoms with Crippen LogP contribution in [-0.2, 0) is 6.54 Å². The second kappa shape index (κ2) is 5.82. The predicted octanol–water partition coefficient (Wildman–Crippen LogP) is 1.99. The van der Waals surface area contributed by atoms with E-state index in [-0.39, 0.29) is 0 Å². The Kier molecular flexibility index (Phi) is 3.92. The molecule has 0 aliphatic heterocycles. The molecule has 18 heavy (non-hydrogen) atoms. The highest BCUT2D eigenvalue weighted by Gasteiger charge is 2.01. The summed E-state index contributed by atoms with van der Waals surface area (Å²) in [6.07, 6.45) is 6.15. The molecule has 2 aromatic heterocycles. The van der Waals surface area contributed by atoms with Gasteiger partial charge in [0.2, 0.25) is 0 Å². The Morgan fingerprint density at radius 2 is 2.39 bits per heavy atom. The molecule has 0 amide bonds. The molecule has 0 bridgehead atoms. The van der Waals surface area contributed by atoms with E-state index in [9.17, 15) is 0 Å². The summed E-state index contributed by atoms with van der Waals surface area (Å²) in [5.41, 5.74) is 1.41. The third kappa shape index (κ3) is 3.08. The lowest BCUT2D eigenvalue weighted by atomic mass is 10.2. The first-order chi connectivity index (χ1) is 8.81. The van der Waals surface area contributed by atoms with Crippen LogP contribution in [0.4, 0.5) is 0 Å². The average molecular weight is 242 g/mol. The van der Waals surface area contributed by atoms with Crippen molar-refractivity contribution in [1.82, 2.24) is 14.8 Å². The first-order valence-electron chi connectivity index (χ1n) is 5.82. The minimum atomic E-state index is 0.419. The molecule has 92 valence electrons. The topological polar surface area (TPSA) is 63.7 Å². The Hall–Kier alpha value is -2.35. The van der Waals surface area contributed by atoms with Gasteiger partial charge < -0.3 is 4.74 Å². The highest BCUT2D eigenvalue weighted by molar-refractivity contribution is 5.25. The normalized spacial score (nSPS) is 10.0. The molecule has 0 unspecified atom stereocenters. The molecule has 0 fully saturated rings. The van der Waals surface area contributed by atoms with Gasteiger partial charge in [0.25, 0.3) is 0 Å². The number of hydrogen-bond acceptors (Lipinski definition) is 4. The van der Waals surface area contributed by atoms with E-state index in [1.807, 2.05) is 18.3 Å². The maximum atomic E-state index is 8.77. The second-order valence-corrected chi connectivity index (χ2v) is 3.88. The monoisotopic (exact) mass is 242 g/mol. The summed E-state index contributed by atoms with van der Waals surface area (Å²) >= 11 is 0. The van der Waals surface area contributed by atoms with Gasteiger partial charge >= 0.3 is 0 Å². The molecule has 5 nitrogen and oxygen atoms in total. The van der Waals surface area contributed by atoms with Crippen molar-refractivity contribution < 1.29 is 4.74 Å². The van der Waals surface area contributed by atoms with E-state index in [0.29, 0.717) is 18.8 Å². The summed E-state index contributed by atoms with van der Waals surface area (Å²) in [5, 5.41) is 13.0. The van der Waals surface area contributed by atoms with E-state index in [4.69, 9.17) is 10.00 Å². The maximum Gasteiger partial charge on any atom is 0.157 e. The van der Waals surface area contributed by atoms with Crippen LogP contribution in [0.25, 0.3) is 0 Å². The summed E-state index contributed by atoms with van der Waals surface area (Å²) in [6, 6.07) is 5.65.